The molecule has 1 aromatic carbocycles. The second kappa shape index (κ2) is 7.12. The summed E-state index contributed by atoms with van der Waals surface area (Å²) in [5, 5.41) is 5.48. The third-order valence-electron chi connectivity index (χ3n) is 3.03. The third-order valence-corrected chi connectivity index (χ3v) is 3.26. The summed E-state index contributed by atoms with van der Waals surface area (Å²) in [5.41, 5.74) is 0.991. The lowest BCUT2D eigenvalue weighted by molar-refractivity contribution is -0.684. The molecule has 0 aliphatic carbocycles. The van der Waals surface area contributed by atoms with Gasteiger partial charge in [-0.3, -0.25) is 4.79 Å². The standard InChI is InChI=1S/C15H17ClN2O2/c1-11(14-6-3-7-20-14)17-10-15(19)18-9-12-4-2-5-13(16)8-12/h2-8,11,17H,9-10H2,1H3,(H,18,19)/p+1/t11-/m1/s1. The van der Waals surface area contributed by atoms with E-state index in [2.05, 4.69) is 5.32 Å². The predicted octanol–water partition coefficient (Wildman–Crippen LogP) is 1.87. The Morgan fingerprint density at radius 1 is 1.40 bits per heavy atom. The number of hydrogen-bond acceptors (Lipinski definition) is 2. The summed E-state index contributed by atoms with van der Waals surface area (Å²) in [4.78, 5) is 11.8. The highest BCUT2D eigenvalue weighted by Crippen LogP contribution is 2.10. The molecule has 2 aromatic rings. The van der Waals surface area contributed by atoms with Crippen molar-refractivity contribution in [3.05, 3.63) is 59.0 Å². The Labute approximate surface area is 123 Å². The number of benzene rings is 1. The van der Waals surface area contributed by atoms with Crippen LogP contribution in [0, 0.1) is 0 Å². The molecule has 3 N–H and O–H groups in total. The van der Waals surface area contributed by atoms with Crippen LogP contribution in [0.1, 0.15) is 24.3 Å². The van der Waals surface area contributed by atoms with Crippen LogP contribution in [0.4, 0.5) is 0 Å². The van der Waals surface area contributed by atoms with Crippen molar-refractivity contribution < 1.29 is 14.5 Å². The summed E-state index contributed by atoms with van der Waals surface area (Å²) in [5.74, 6) is 0.857. The maximum absolute atomic E-state index is 11.8. The third kappa shape index (κ3) is 4.40. The zero-order valence-corrected chi connectivity index (χ0v) is 12.1. The van der Waals surface area contributed by atoms with Gasteiger partial charge in [-0.1, -0.05) is 23.7 Å². The molecule has 0 fully saturated rings. The molecule has 0 aliphatic rings. The minimum Gasteiger partial charge on any atom is -0.463 e. The first-order chi connectivity index (χ1) is 9.65. The van der Waals surface area contributed by atoms with Crippen LogP contribution in [-0.2, 0) is 11.3 Å². The first-order valence-electron chi connectivity index (χ1n) is 6.53. The normalized spacial score (nSPS) is 12.1. The zero-order valence-electron chi connectivity index (χ0n) is 11.3. The van der Waals surface area contributed by atoms with Crippen LogP contribution in [0.15, 0.2) is 47.1 Å². The molecule has 0 saturated heterocycles. The van der Waals surface area contributed by atoms with Gasteiger partial charge in [0.05, 0.1) is 6.26 Å². The average Bonchev–Trinajstić information content (AvgIpc) is 2.97. The molecule has 0 unspecified atom stereocenters. The number of furan rings is 1. The number of nitrogens with two attached hydrogens (primary N) is 1. The second-order valence-corrected chi connectivity index (χ2v) is 5.09. The van der Waals surface area contributed by atoms with E-state index in [4.69, 9.17) is 16.0 Å². The van der Waals surface area contributed by atoms with E-state index in [9.17, 15) is 4.79 Å². The van der Waals surface area contributed by atoms with Crippen molar-refractivity contribution in [1.29, 1.82) is 0 Å². The molecule has 106 valence electrons. The summed E-state index contributed by atoms with van der Waals surface area (Å²) < 4.78 is 5.29. The number of carbonyl (C=O) groups is 1. The van der Waals surface area contributed by atoms with E-state index in [0.29, 0.717) is 18.1 Å². The number of quaternary nitrogens is 1. The van der Waals surface area contributed by atoms with E-state index in [1.54, 1.807) is 6.26 Å². The minimum atomic E-state index is -0.0108. The van der Waals surface area contributed by atoms with Gasteiger partial charge in [-0.2, -0.15) is 0 Å². The van der Waals surface area contributed by atoms with Crippen molar-refractivity contribution >= 4 is 17.5 Å². The first-order valence-corrected chi connectivity index (χ1v) is 6.91. The van der Waals surface area contributed by atoms with Crippen LogP contribution in [0.3, 0.4) is 0 Å². The van der Waals surface area contributed by atoms with Crippen molar-refractivity contribution in [3.63, 3.8) is 0 Å². The molecule has 0 aliphatic heterocycles. The summed E-state index contributed by atoms with van der Waals surface area (Å²) in [7, 11) is 0. The van der Waals surface area contributed by atoms with Crippen molar-refractivity contribution in [2.75, 3.05) is 6.54 Å². The molecule has 1 aromatic heterocycles. The number of halogens is 1. The highest BCUT2D eigenvalue weighted by atomic mass is 35.5. The molecule has 1 atom stereocenters. The monoisotopic (exact) mass is 293 g/mol. The second-order valence-electron chi connectivity index (χ2n) is 4.65. The van der Waals surface area contributed by atoms with Gasteiger partial charge in [-0.15, -0.1) is 0 Å². The fraction of sp³-hybridized carbons (Fsp3) is 0.267. The molecule has 5 heteroatoms. The Bertz CT molecular complexity index is 555. The molecule has 0 spiro atoms. The van der Waals surface area contributed by atoms with Gasteiger partial charge in [0.2, 0.25) is 0 Å². The smallest absolute Gasteiger partial charge is 0.275 e. The Morgan fingerprint density at radius 3 is 2.95 bits per heavy atom. The van der Waals surface area contributed by atoms with E-state index in [0.717, 1.165) is 11.3 Å². The maximum Gasteiger partial charge on any atom is 0.275 e. The van der Waals surface area contributed by atoms with Crippen LogP contribution in [-0.4, -0.2) is 12.5 Å². The molecule has 1 heterocycles. The fourth-order valence-corrected chi connectivity index (χ4v) is 2.08. The largest absolute Gasteiger partial charge is 0.463 e. The summed E-state index contributed by atoms with van der Waals surface area (Å²) >= 11 is 5.89. The van der Waals surface area contributed by atoms with E-state index in [1.807, 2.05) is 48.6 Å². The van der Waals surface area contributed by atoms with E-state index >= 15 is 0 Å². The Morgan fingerprint density at radius 2 is 2.25 bits per heavy atom. The predicted molar refractivity (Wildman–Crippen MR) is 77.2 cm³/mol. The Kier molecular flexibility index (Phi) is 5.21. The highest BCUT2D eigenvalue weighted by molar-refractivity contribution is 6.30. The summed E-state index contributed by atoms with van der Waals surface area (Å²) in [6, 6.07) is 11.3. The number of carbonyl (C=O) groups excluding carboxylic acids is 1. The maximum atomic E-state index is 11.8. The SMILES string of the molecule is C[C@@H]([NH2+]CC(=O)NCc1cccc(Cl)c1)c1ccco1. The molecular weight excluding hydrogens is 276 g/mol. The average molecular weight is 294 g/mol. The highest BCUT2D eigenvalue weighted by Gasteiger charge is 2.13. The van der Waals surface area contributed by atoms with Gasteiger partial charge in [0.15, 0.2) is 12.3 Å². The molecule has 2 rings (SSSR count). The minimum absolute atomic E-state index is 0.0108. The van der Waals surface area contributed by atoms with Crippen LogP contribution < -0.4 is 10.6 Å². The van der Waals surface area contributed by atoms with Gasteiger partial charge in [0.25, 0.3) is 5.91 Å². The molecule has 20 heavy (non-hydrogen) atoms. The van der Waals surface area contributed by atoms with Crippen LogP contribution in [0.5, 0.6) is 0 Å². The molecule has 0 saturated carbocycles. The van der Waals surface area contributed by atoms with Crippen LogP contribution in [0.2, 0.25) is 5.02 Å². The van der Waals surface area contributed by atoms with Crippen LogP contribution >= 0.6 is 11.6 Å². The van der Waals surface area contributed by atoms with Crippen molar-refractivity contribution in [1.82, 2.24) is 5.32 Å². The van der Waals surface area contributed by atoms with Crippen molar-refractivity contribution in [2.24, 2.45) is 0 Å². The topological polar surface area (TPSA) is 58.9 Å². The molecule has 1 amide bonds. The van der Waals surface area contributed by atoms with E-state index < -0.39 is 0 Å². The molecule has 0 bridgehead atoms. The van der Waals surface area contributed by atoms with E-state index in [1.165, 1.54) is 0 Å². The van der Waals surface area contributed by atoms with Crippen LogP contribution in [0.25, 0.3) is 0 Å². The quantitative estimate of drug-likeness (QED) is 0.854. The lowest BCUT2D eigenvalue weighted by Gasteiger charge is -2.08. The van der Waals surface area contributed by atoms with E-state index in [-0.39, 0.29) is 11.9 Å². The number of hydrogen-bond donors (Lipinski definition) is 2. The number of amides is 1. The molecule has 0 radical (unpaired) electrons. The Balaban J connectivity index is 1.73. The van der Waals surface area contributed by atoms with Gasteiger partial charge < -0.3 is 15.1 Å². The van der Waals surface area contributed by atoms with Crippen molar-refractivity contribution in [2.45, 2.75) is 19.5 Å². The van der Waals surface area contributed by atoms with Gasteiger partial charge in [-0.25, -0.2) is 0 Å². The van der Waals surface area contributed by atoms with Gasteiger partial charge in [0, 0.05) is 11.6 Å². The summed E-state index contributed by atoms with van der Waals surface area (Å²) in [6.07, 6.45) is 1.64. The van der Waals surface area contributed by atoms with Gasteiger partial charge in [-0.05, 0) is 36.8 Å². The molecular formula is C15H18ClN2O2+. The lowest BCUT2D eigenvalue weighted by Crippen LogP contribution is -2.86. The number of nitrogens with one attached hydrogen (secondary N) is 1. The lowest BCUT2D eigenvalue weighted by atomic mass is 10.2. The summed E-state index contributed by atoms with van der Waals surface area (Å²) in [6.45, 7) is 2.86. The first kappa shape index (κ1) is 14.6. The van der Waals surface area contributed by atoms with Gasteiger partial charge in [0.1, 0.15) is 6.04 Å². The van der Waals surface area contributed by atoms with Crippen molar-refractivity contribution in [3.8, 4) is 0 Å². The fourth-order valence-electron chi connectivity index (χ4n) is 1.87. The number of rotatable bonds is 6. The Hall–Kier alpha value is -1.78. The zero-order chi connectivity index (χ0) is 14.4. The molecule has 4 nitrogen and oxygen atoms in total. The van der Waals surface area contributed by atoms with Gasteiger partial charge >= 0.3 is 0 Å².